The zero-order valence-corrected chi connectivity index (χ0v) is 18.6. The molecule has 5 aromatic rings. The summed E-state index contributed by atoms with van der Waals surface area (Å²) in [6.45, 7) is 1.99. The predicted octanol–water partition coefficient (Wildman–Crippen LogP) is 5.03. The molecule has 0 aliphatic carbocycles. The smallest absolute Gasteiger partial charge is 0.291 e. The van der Waals surface area contributed by atoms with Crippen LogP contribution in [-0.4, -0.2) is 20.9 Å². The average molecular weight is 464 g/mol. The van der Waals surface area contributed by atoms with Gasteiger partial charge in [-0.3, -0.25) is 9.59 Å². The fourth-order valence-electron chi connectivity index (χ4n) is 3.42. The van der Waals surface area contributed by atoms with E-state index in [0.717, 1.165) is 11.3 Å². The van der Waals surface area contributed by atoms with Gasteiger partial charge in [-0.15, -0.1) is 0 Å². The summed E-state index contributed by atoms with van der Waals surface area (Å²) in [6, 6.07) is 20.7. The van der Waals surface area contributed by atoms with Gasteiger partial charge in [0, 0.05) is 29.7 Å². The Bertz CT molecular complexity index is 1580. The first-order valence-electron chi connectivity index (χ1n) is 10.8. The van der Waals surface area contributed by atoms with Crippen molar-refractivity contribution in [3.8, 4) is 0 Å². The molecule has 0 fully saturated rings. The number of amides is 1. The Morgan fingerprint density at radius 2 is 1.51 bits per heavy atom. The van der Waals surface area contributed by atoms with Crippen molar-refractivity contribution in [1.29, 1.82) is 0 Å². The molecule has 0 radical (unpaired) electrons. The first-order chi connectivity index (χ1) is 17.0. The number of nitrogens with zero attached hydrogens (tertiary/aromatic N) is 3. The lowest BCUT2D eigenvalue weighted by molar-refractivity contribution is 0.0997. The topological polar surface area (TPSA) is 122 Å². The molecule has 3 heterocycles. The molecule has 35 heavy (non-hydrogen) atoms. The van der Waals surface area contributed by atoms with Gasteiger partial charge in [0.15, 0.2) is 11.2 Å². The fraction of sp³-hybridized carbons (Fsp3) is 0.0385. The number of nitrogens with one attached hydrogen (secondary N) is 3. The Labute approximate surface area is 199 Å². The molecule has 9 heteroatoms. The van der Waals surface area contributed by atoms with Crippen LogP contribution in [0.1, 0.15) is 16.1 Å². The van der Waals surface area contributed by atoms with E-state index in [0.29, 0.717) is 34.1 Å². The summed E-state index contributed by atoms with van der Waals surface area (Å²) in [7, 11) is 0. The third kappa shape index (κ3) is 5.14. The minimum atomic E-state index is -0.509. The van der Waals surface area contributed by atoms with Gasteiger partial charge in [0.25, 0.3) is 5.91 Å². The Morgan fingerprint density at radius 3 is 2.31 bits per heavy atom. The van der Waals surface area contributed by atoms with Crippen LogP contribution in [0.25, 0.3) is 11.0 Å². The van der Waals surface area contributed by atoms with Gasteiger partial charge in [0.05, 0.1) is 5.39 Å². The van der Waals surface area contributed by atoms with Crippen LogP contribution in [0.15, 0.2) is 94.5 Å². The summed E-state index contributed by atoms with van der Waals surface area (Å²) in [4.78, 5) is 37.6. The Kier molecular flexibility index (Phi) is 5.87. The highest BCUT2D eigenvalue weighted by molar-refractivity contribution is 6.03. The molecule has 0 unspecified atom stereocenters. The van der Waals surface area contributed by atoms with Crippen molar-refractivity contribution in [3.05, 3.63) is 107 Å². The zero-order valence-electron chi connectivity index (χ0n) is 18.6. The molecule has 3 N–H and O–H groups in total. The minimum Gasteiger partial charge on any atom is -0.451 e. The highest BCUT2D eigenvalue weighted by Crippen LogP contribution is 2.21. The third-order valence-electron chi connectivity index (χ3n) is 5.11. The number of rotatable bonds is 6. The third-order valence-corrected chi connectivity index (χ3v) is 5.11. The second kappa shape index (κ2) is 9.44. The number of carbonyl (C=O) groups is 1. The number of aromatic nitrogens is 3. The number of aryl methyl sites for hydroxylation is 1. The van der Waals surface area contributed by atoms with Gasteiger partial charge in [-0.1, -0.05) is 12.1 Å². The van der Waals surface area contributed by atoms with E-state index in [1.54, 1.807) is 60.8 Å². The fourth-order valence-corrected chi connectivity index (χ4v) is 3.42. The first-order valence-corrected chi connectivity index (χ1v) is 10.8. The quantitative estimate of drug-likeness (QED) is 0.320. The number of hydrogen-bond acceptors (Lipinski definition) is 8. The SMILES string of the molecule is Cc1ccnc(Nc2cc(Nc3ccc(NC(=O)c4cc(=O)c5ccccc5o4)cc3)ncn2)c1. The number of para-hydroxylation sites is 1. The van der Waals surface area contributed by atoms with Gasteiger partial charge in [0.1, 0.15) is 29.4 Å². The molecule has 0 saturated carbocycles. The van der Waals surface area contributed by atoms with E-state index < -0.39 is 5.91 Å². The lowest BCUT2D eigenvalue weighted by atomic mass is 10.2. The van der Waals surface area contributed by atoms with E-state index in [4.69, 9.17) is 4.42 Å². The summed E-state index contributed by atoms with van der Waals surface area (Å²) < 4.78 is 5.59. The van der Waals surface area contributed by atoms with Crippen LogP contribution in [0, 0.1) is 6.92 Å². The van der Waals surface area contributed by atoms with E-state index in [9.17, 15) is 9.59 Å². The summed E-state index contributed by atoms with van der Waals surface area (Å²) in [5.74, 6) is 1.31. The molecule has 3 aromatic heterocycles. The normalized spacial score (nSPS) is 10.7. The van der Waals surface area contributed by atoms with Crippen LogP contribution < -0.4 is 21.4 Å². The van der Waals surface area contributed by atoms with Crippen LogP contribution in [0.3, 0.4) is 0 Å². The summed E-state index contributed by atoms with van der Waals surface area (Å²) >= 11 is 0. The van der Waals surface area contributed by atoms with Crippen LogP contribution in [0.5, 0.6) is 0 Å². The maximum atomic E-state index is 12.6. The maximum absolute atomic E-state index is 12.6. The van der Waals surface area contributed by atoms with Crippen molar-refractivity contribution in [2.24, 2.45) is 0 Å². The monoisotopic (exact) mass is 464 g/mol. The molecule has 0 bridgehead atoms. The molecule has 172 valence electrons. The maximum Gasteiger partial charge on any atom is 0.291 e. The van der Waals surface area contributed by atoms with Gasteiger partial charge in [0.2, 0.25) is 0 Å². The average Bonchev–Trinajstić information content (AvgIpc) is 2.85. The largest absolute Gasteiger partial charge is 0.451 e. The van der Waals surface area contributed by atoms with Crippen molar-refractivity contribution < 1.29 is 9.21 Å². The predicted molar refractivity (Wildman–Crippen MR) is 134 cm³/mol. The van der Waals surface area contributed by atoms with Gasteiger partial charge >= 0.3 is 0 Å². The highest BCUT2D eigenvalue weighted by atomic mass is 16.3. The van der Waals surface area contributed by atoms with Gasteiger partial charge in [-0.05, 0) is 61.0 Å². The summed E-state index contributed by atoms with van der Waals surface area (Å²) in [5, 5.41) is 9.52. The molecule has 0 aliphatic heterocycles. The molecular weight excluding hydrogens is 444 g/mol. The van der Waals surface area contributed by atoms with E-state index in [1.165, 1.54) is 12.4 Å². The second-order valence-corrected chi connectivity index (χ2v) is 7.76. The molecule has 0 atom stereocenters. The highest BCUT2D eigenvalue weighted by Gasteiger charge is 2.12. The molecule has 0 spiro atoms. The lowest BCUT2D eigenvalue weighted by Gasteiger charge is -2.10. The lowest BCUT2D eigenvalue weighted by Crippen LogP contribution is -2.14. The number of pyridine rings is 1. The van der Waals surface area contributed by atoms with E-state index in [1.807, 2.05) is 19.1 Å². The van der Waals surface area contributed by atoms with Gasteiger partial charge in [-0.25, -0.2) is 15.0 Å². The minimum absolute atomic E-state index is 0.0555. The number of hydrogen-bond donors (Lipinski definition) is 3. The van der Waals surface area contributed by atoms with Crippen LogP contribution in [0.2, 0.25) is 0 Å². The van der Waals surface area contributed by atoms with E-state index >= 15 is 0 Å². The Hall–Kier alpha value is -5.05. The molecule has 0 aliphatic rings. The van der Waals surface area contributed by atoms with Crippen LogP contribution in [-0.2, 0) is 0 Å². The van der Waals surface area contributed by atoms with Crippen molar-refractivity contribution in [1.82, 2.24) is 15.0 Å². The molecule has 0 saturated heterocycles. The molecule has 9 nitrogen and oxygen atoms in total. The van der Waals surface area contributed by atoms with Gasteiger partial charge in [-0.2, -0.15) is 0 Å². The second-order valence-electron chi connectivity index (χ2n) is 7.76. The number of fused-ring (bicyclic) bond motifs is 1. The number of carbonyl (C=O) groups excluding carboxylic acids is 1. The molecule has 2 aromatic carbocycles. The standard InChI is InChI=1S/C26H20N6O3/c1-16-10-11-27-23(12-16)32-25-14-24(28-15-29-25)30-17-6-8-18(9-7-17)31-26(34)22-13-20(33)19-4-2-3-5-21(19)35-22/h2-15H,1H3,(H,31,34)(H2,27,28,29,30,32). The van der Waals surface area contributed by atoms with Crippen molar-refractivity contribution in [2.75, 3.05) is 16.0 Å². The van der Waals surface area contributed by atoms with Crippen LogP contribution >= 0.6 is 0 Å². The number of benzene rings is 2. The Balaban J connectivity index is 1.26. The van der Waals surface area contributed by atoms with Crippen molar-refractivity contribution in [2.45, 2.75) is 6.92 Å². The van der Waals surface area contributed by atoms with Crippen molar-refractivity contribution >= 4 is 45.7 Å². The molecule has 1 amide bonds. The molecular formula is C26H20N6O3. The van der Waals surface area contributed by atoms with E-state index in [-0.39, 0.29) is 11.2 Å². The first kappa shape index (κ1) is 21.8. The van der Waals surface area contributed by atoms with Gasteiger partial charge < -0.3 is 20.4 Å². The van der Waals surface area contributed by atoms with Crippen LogP contribution in [0.4, 0.5) is 28.8 Å². The molecule has 5 rings (SSSR count). The van der Waals surface area contributed by atoms with Crippen molar-refractivity contribution in [3.63, 3.8) is 0 Å². The Morgan fingerprint density at radius 1 is 0.800 bits per heavy atom. The number of anilines is 5. The zero-order chi connectivity index (χ0) is 24.2. The summed E-state index contributed by atoms with van der Waals surface area (Å²) in [5.41, 5.74) is 2.49. The summed E-state index contributed by atoms with van der Waals surface area (Å²) in [6.07, 6.45) is 3.18. The van der Waals surface area contributed by atoms with E-state index in [2.05, 4.69) is 30.9 Å².